The molecule has 0 fully saturated rings. The first-order valence-electron chi connectivity index (χ1n) is 4.99. The molecule has 0 aliphatic carbocycles. The van der Waals surface area contributed by atoms with E-state index in [-0.39, 0.29) is 0 Å². The Bertz CT molecular complexity index is 472. The van der Waals surface area contributed by atoms with Gasteiger partial charge in [0.2, 0.25) is 0 Å². The zero-order valence-electron chi connectivity index (χ0n) is 8.70. The molecular formula is C14H13N. The first kappa shape index (κ1) is 9.66. The van der Waals surface area contributed by atoms with Gasteiger partial charge in [-0.3, -0.25) is 5.41 Å². The van der Waals surface area contributed by atoms with E-state index in [1.54, 1.807) is 0 Å². The first-order chi connectivity index (χ1) is 7.29. The summed E-state index contributed by atoms with van der Waals surface area (Å²) in [6.45, 7) is 2.03. The zero-order chi connectivity index (χ0) is 10.7. The molecule has 0 aliphatic rings. The van der Waals surface area contributed by atoms with Crippen LogP contribution in [0, 0.1) is 12.3 Å². The second kappa shape index (κ2) is 4.09. The number of nitrogens with one attached hydrogen (secondary N) is 1. The normalized spacial score (nSPS) is 9.93. The topological polar surface area (TPSA) is 23.9 Å². The van der Waals surface area contributed by atoms with Gasteiger partial charge in [0.25, 0.3) is 0 Å². The summed E-state index contributed by atoms with van der Waals surface area (Å²) in [6, 6.07) is 17.8. The highest BCUT2D eigenvalue weighted by atomic mass is 14.4. The van der Waals surface area contributed by atoms with Crippen molar-refractivity contribution < 1.29 is 0 Å². The molecule has 0 spiro atoms. The summed E-state index contributed by atoms with van der Waals surface area (Å²) in [5.74, 6) is 0. The molecule has 0 aliphatic heterocycles. The molecule has 2 rings (SSSR count). The van der Waals surface area contributed by atoms with E-state index in [0.717, 1.165) is 16.7 Å². The molecule has 0 bridgehead atoms. The lowest BCUT2D eigenvalue weighted by Gasteiger charge is -2.07. The summed E-state index contributed by atoms with van der Waals surface area (Å²) < 4.78 is 0. The predicted octanol–water partition coefficient (Wildman–Crippen LogP) is 3.41. The van der Waals surface area contributed by atoms with Crippen molar-refractivity contribution in [3.05, 3.63) is 71.3 Å². The van der Waals surface area contributed by atoms with E-state index < -0.39 is 0 Å². The second-order valence-corrected chi connectivity index (χ2v) is 3.56. The van der Waals surface area contributed by atoms with E-state index in [4.69, 9.17) is 5.41 Å². The van der Waals surface area contributed by atoms with Crippen LogP contribution in [-0.2, 0) is 0 Å². The molecule has 1 nitrogen and oxygen atoms in total. The van der Waals surface area contributed by atoms with Gasteiger partial charge in [0.1, 0.15) is 0 Å². The molecule has 0 heterocycles. The fourth-order valence-corrected chi connectivity index (χ4v) is 1.61. The fraction of sp³-hybridized carbons (Fsp3) is 0.0714. The lowest BCUT2D eigenvalue weighted by Crippen LogP contribution is -2.02. The Kier molecular flexibility index (Phi) is 2.64. The van der Waals surface area contributed by atoms with Gasteiger partial charge >= 0.3 is 0 Å². The van der Waals surface area contributed by atoms with Crippen molar-refractivity contribution in [3.8, 4) is 0 Å². The monoisotopic (exact) mass is 195 g/mol. The van der Waals surface area contributed by atoms with E-state index in [9.17, 15) is 0 Å². The number of hydrogen-bond acceptors (Lipinski definition) is 1. The second-order valence-electron chi connectivity index (χ2n) is 3.56. The van der Waals surface area contributed by atoms with Gasteiger partial charge in [-0.15, -0.1) is 0 Å². The maximum Gasteiger partial charge on any atom is 0.0687 e. The Morgan fingerprint density at radius 1 is 0.867 bits per heavy atom. The molecule has 0 radical (unpaired) electrons. The van der Waals surface area contributed by atoms with Gasteiger partial charge in [0, 0.05) is 11.1 Å². The third kappa shape index (κ3) is 1.96. The van der Waals surface area contributed by atoms with Crippen LogP contribution in [0.3, 0.4) is 0 Å². The van der Waals surface area contributed by atoms with E-state index in [2.05, 4.69) is 0 Å². The first-order valence-corrected chi connectivity index (χ1v) is 4.99. The SMILES string of the molecule is Cc1ccccc1C(=N)c1ccccc1. The van der Waals surface area contributed by atoms with Crippen LogP contribution in [0.5, 0.6) is 0 Å². The minimum Gasteiger partial charge on any atom is -0.300 e. The molecule has 0 unspecified atom stereocenters. The number of aryl methyl sites for hydroxylation is 1. The van der Waals surface area contributed by atoms with Crippen molar-refractivity contribution in [1.29, 1.82) is 5.41 Å². The third-order valence-corrected chi connectivity index (χ3v) is 2.48. The molecule has 0 saturated carbocycles. The Morgan fingerprint density at radius 2 is 1.47 bits per heavy atom. The fourth-order valence-electron chi connectivity index (χ4n) is 1.61. The van der Waals surface area contributed by atoms with Gasteiger partial charge in [0.05, 0.1) is 5.71 Å². The number of benzene rings is 2. The molecule has 0 amide bonds. The molecule has 15 heavy (non-hydrogen) atoms. The molecule has 0 aromatic heterocycles. The smallest absolute Gasteiger partial charge is 0.0687 e. The number of rotatable bonds is 2. The average molecular weight is 195 g/mol. The van der Waals surface area contributed by atoms with Crippen molar-refractivity contribution in [2.45, 2.75) is 6.92 Å². The molecule has 74 valence electrons. The van der Waals surface area contributed by atoms with Crippen molar-refractivity contribution in [1.82, 2.24) is 0 Å². The summed E-state index contributed by atoms with van der Waals surface area (Å²) in [5, 5.41) is 8.11. The van der Waals surface area contributed by atoms with Gasteiger partial charge in [0.15, 0.2) is 0 Å². The lowest BCUT2D eigenvalue weighted by molar-refractivity contribution is 1.39. The van der Waals surface area contributed by atoms with E-state index in [0.29, 0.717) is 5.71 Å². The minimum atomic E-state index is 0.591. The van der Waals surface area contributed by atoms with Crippen molar-refractivity contribution in [2.75, 3.05) is 0 Å². The minimum absolute atomic E-state index is 0.591. The zero-order valence-corrected chi connectivity index (χ0v) is 8.70. The average Bonchev–Trinajstić information content (AvgIpc) is 2.30. The van der Waals surface area contributed by atoms with Crippen molar-refractivity contribution in [2.24, 2.45) is 0 Å². The van der Waals surface area contributed by atoms with E-state index >= 15 is 0 Å². The van der Waals surface area contributed by atoms with Crippen molar-refractivity contribution in [3.63, 3.8) is 0 Å². The van der Waals surface area contributed by atoms with Gasteiger partial charge in [-0.1, -0.05) is 54.6 Å². The van der Waals surface area contributed by atoms with Crippen LogP contribution in [-0.4, -0.2) is 5.71 Å². The Labute approximate surface area is 89.9 Å². The van der Waals surface area contributed by atoms with Gasteiger partial charge < -0.3 is 0 Å². The lowest BCUT2D eigenvalue weighted by atomic mass is 9.99. The van der Waals surface area contributed by atoms with Crippen molar-refractivity contribution >= 4 is 5.71 Å². The third-order valence-electron chi connectivity index (χ3n) is 2.48. The highest BCUT2D eigenvalue weighted by Crippen LogP contribution is 2.13. The van der Waals surface area contributed by atoms with Crippen LogP contribution in [0.4, 0.5) is 0 Å². The summed E-state index contributed by atoms with van der Waals surface area (Å²) >= 11 is 0. The van der Waals surface area contributed by atoms with Crippen LogP contribution in [0.2, 0.25) is 0 Å². The highest BCUT2D eigenvalue weighted by molar-refractivity contribution is 6.11. The summed E-state index contributed by atoms with van der Waals surface area (Å²) in [7, 11) is 0. The molecule has 2 aromatic carbocycles. The Morgan fingerprint density at radius 3 is 2.13 bits per heavy atom. The molecule has 0 saturated heterocycles. The van der Waals surface area contributed by atoms with Crippen LogP contribution in [0.1, 0.15) is 16.7 Å². The molecule has 2 aromatic rings. The van der Waals surface area contributed by atoms with Gasteiger partial charge in [-0.05, 0) is 12.5 Å². The standard InChI is InChI=1S/C14H13N/c1-11-7-5-6-10-13(11)14(15)12-8-3-2-4-9-12/h2-10,15H,1H3. The van der Waals surface area contributed by atoms with E-state index in [1.807, 2.05) is 61.5 Å². The molecular weight excluding hydrogens is 182 g/mol. The maximum absolute atomic E-state index is 8.11. The van der Waals surface area contributed by atoms with Gasteiger partial charge in [-0.2, -0.15) is 0 Å². The van der Waals surface area contributed by atoms with Crippen LogP contribution < -0.4 is 0 Å². The Hall–Kier alpha value is -1.89. The number of hydrogen-bond donors (Lipinski definition) is 1. The summed E-state index contributed by atoms with van der Waals surface area (Å²) in [6.07, 6.45) is 0. The molecule has 1 heteroatoms. The quantitative estimate of drug-likeness (QED) is 0.710. The van der Waals surface area contributed by atoms with Gasteiger partial charge in [-0.25, -0.2) is 0 Å². The largest absolute Gasteiger partial charge is 0.300 e. The predicted molar refractivity (Wildman–Crippen MR) is 63.6 cm³/mol. The summed E-state index contributed by atoms with van der Waals surface area (Å²) in [5.41, 5.74) is 3.70. The maximum atomic E-state index is 8.11. The Balaban J connectivity index is 2.42. The van der Waals surface area contributed by atoms with Crippen LogP contribution in [0.15, 0.2) is 54.6 Å². The van der Waals surface area contributed by atoms with Crippen LogP contribution in [0.25, 0.3) is 0 Å². The molecule has 0 atom stereocenters. The van der Waals surface area contributed by atoms with Crippen LogP contribution >= 0.6 is 0 Å². The summed E-state index contributed by atoms with van der Waals surface area (Å²) in [4.78, 5) is 0. The molecule has 1 N–H and O–H groups in total. The van der Waals surface area contributed by atoms with E-state index in [1.165, 1.54) is 0 Å². The highest BCUT2D eigenvalue weighted by Gasteiger charge is 2.05.